The van der Waals surface area contributed by atoms with Crippen molar-refractivity contribution in [2.75, 3.05) is 30.8 Å². The number of anilines is 1. The molecule has 3 rings (SSSR count). The lowest BCUT2D eigenvalue weighted by atomic mass is 10.0. The van der Waals surface area contributed by atoms with Gasteiger partial charge in [0.25, 0.3) is 0 Å². The van der Waals surface area contributed by atoms with Crippen molar-refractivity contribution in [1.29, 1.82) is 0 Å². The zero-order chi connectivity index (χ0) is 28.6. The fourth-order valence-electron chi connectivity index (χ4n) is 4.21. The largest absolute Gasteiger partial charge is 0.497 e. The summed E-state index contributed by atoms with van der Waals surface area (Å²) in [5.41, 5.74) is 2.81. The van der Waals surface area contributed by atoms with Gasteiger partial charge in [-0.05, 0) is 60.9 Å². The average molecular weight is 617 g/mol. The van der Waals surface area contributed by atoms with E-state index < -0.39 is 28.5 Å². The Hall–Kier alpha value is -3.37. The Kier molecular flexibility index (Phi) is 10.5. The van der Waals surface area contributed by atoms with Crippen LogP contribution in [0.15, 0.2) is 77.3 Å². The van der Waals surface area contributed by atoms with Crippen molar-refractivity contribution in [3.05, 3.63) is 94.0 Å². The Bertz CT molecular complexity index is 1400. The molecule has 0 saturated heterocycles. The van der Waals surface area contributed by atoms with Gasteiger partial charge in [-0.25, -0.2) is 8.42 Å². The number of rotatable bonds is 12. The minimum Gasteiger partial charge on any atom is -0.497 e. The molecule has 10 heteroatoms. The van der Waals surface area contributed by atoms with Crippen LogP contribution in [0.4, 0.5) is 5.69 Å². The number of halogens is 1. The van der Waals surface area contributed by atoms with Gasteiger partial charge >= 0.3 is 0 Å². The van der Waals surface area contributed by atoms with Crippen molar-refractivity contribution in [2.45, 2.75) is 32.9 Å². The van der Waals surface area contributed by atoms with E-state index >= 15 is 0 Å². The molecular formula is C29H34BrN3O5S. The second kappa shape index (κ2) is 13.6. The number of aryl methyl sites for hydroxylation is 1. The topological polar surface area (TPSA) is 96.0 Å². The van der Waals surface area contributed by atoms with Crippen LogP contribution in [0.3, 0.4) is 0 Å². The molecule has 1 N–H and O–H groups in total. The van der Waals surface area contributed by atoms with Crippen LogP contribution in [0.2, 0.25) is 0 Å². The van der Waals surface area contributed by atoms with Gasteiger partial charge in [0.1, 0.15) is 18.3 Å². The summed E-state index contributed by atoms with van der Waals surface area (Å²) in [7, 11) is -2.27. The van der Waals surface area contributed by atoms with Gasteiger partial charge in [-0.2, -0.15) is 0 Å². The molecule has 0 radical (unpaired) electrons. The number of nitrogens with one attached hydrogen (secondary N) is 1. The highest BCUT2D eigenvalue weighted by atomic mass is 79.9. The Morgan fingerprint density at radius 1 is 1.00 bits per heavy atom. The highest BCUT2D eigenvalue weighted by Gasteiger charge is 2.33. The summed E-state index contributed by atoms with van der Waals surface area (Å²) in [6.07, 6.45) is 1.33. The highest BCUT2D eigenvalue weighted by Crippen LogP contribution is 2.26. The van der Waals surface area contributed by atoms with Gasteiger partial charge in [-0.3, -0.25) is 13.9 Å². The number of methoxy groups -OCH3 is 1. The molecular weight excluding hydrogens is 582 g/mol. The maximum absolute atomic E-state index is 14.0. The molecule has 0 unspecified atom stereocenters. The number of benzene rings is 3. The number of nitrogens with zero attached hydrogens (tertiary/aromatic N) is 2. The van der Waals surface area contributed by atoms with E-state index in [2.05, 4.69) is 21.2 Å². The van der Waals surface area contributed by atoms with Gasteiger partial charge in [0, 0.05) is 24.0 Å². The lowest BCUT2D eigenvalue weighted by Gasteiger charge is -2.33. The molecule has 0 aliphatic carbocycles. The van der Waals surface area contributed by atoms with E-state index in [1.807, 2.05) is 56.3 Å². The molecule has 0 heterocycles. The van der Waals surface area contributed by atoms with Crippen LogP contribution in [-0.2, 0) is 32.6 Å². The van der Waals surface area contributed by atoms with Crippen LogP contribution in [0.25, 0.3) is 0 Å². The first-order valence-corrected chi connectivity index (χ1v) is 15.2. The molecule has 0 aromatic heterocycles. The van der Waals surface area contributed by atoms with Crippen LogP contribution >= 0.6 is 15.9 Å². The summed E-state index contributed by atoms with van der Waals surface area (Å²) >= 11 is 3.44. The monoisotopic (exact) mass is 615 g/mol. The average Bonchev–Trinajstić information content (AvgIpc) is 2.91. The van der Waals surface area contributed by atoms with Crippen molar-refractivity contribution >= 4 is 43.5 Å². The minimum atomic E-state index is -3.82. The molecule has 2 amide bonds. The summed E-state index contributed by atoms with van der Waals surface area (Å²) in [6.45, 7) is 3.66. The lowest BCUT2D eigenvalue weighted by molar-refractivity contribution is -0.140. The van der Waals surface area contributed by atoms with E-state index in [0.29, 0.717) is 18.0 Å². The Morgan fingerprint density at radius 2 is 1.69 bits per heavy atom. The summed E-state index contributed by atoms with van der Waals surface area (Å²) < 4.78 is 33.0. The molecule has 0 fully saturated rings. The summed E-state index contributed by atoms with van der Waals surface area (Å²) in [5, 5.41) is 2.84. The number of ether oxygens (including phenoxy) is 1. The van der Waals surface area contributed by atoms with Gasteiger partial charge in [-0.1, -0.05) is 58.4 Å². The quantitative estimate of drug-likeness (QED) is 0.328. The maximum atomic E-state index is 14.0. The molecule has 1 atom stereocenters. The molecule has 0 aliphatic heterocycles. The van der Waals surface area contributed by atoms with E-state index in [4.69, 9.17) is 4.74 Å². The molecule has 39 heavy (non-hydrogen) atoms. The third-order valence-corrected chi connectivity index (χ3v) is 8.25. The molecule has 208 valence electrons. The molecule has 8 nitrogen and oxygen atoms in total. The van der Waals surface area contributed by atoms with E-state index in [1.165, 1.54) is 4.90 Å². The lowest BCUT2D eigenvalue weighted by Crippen LogP contribution is -2.53. The third kappa shape index (κ3) is 8.31. The zero-order valence-electron chi connectivity index (χ0n) is 22.6. The number of carbonyl (C=O) groups is 2. The summed E-state index contributed by atoms with van der Waals surface area (Å²) in [5.74, 6) is -0.209. The van der Waals surface area contributed by atoms with E-state index in [0.717, 1.165) is 31.7 Å². The molecule has 0 saturated carbocycles. The predicted molar refractivity (Wildman–Crippen MR) is 157 cm³/mol. The number of hydrogen-bond acceptors (Lipinski definition) is 5. The van der Waals surface area contributed by atoms with E-state index in [1.54, 1.807) is 37.4 Å². The van der Waals surface area contributed by atoms with Crippen molar-refractivity contribution < 1.29 is 22.7 Å². The highest BCUT2D eigenvalue weighted by molar-refractivity contribution is 9.10. The molecule has 3 aromatic rings. The van der Waals surface area contributed by atoms with Crippen molar-refractivity contribution in [1.82, 2.24) is 10.2 Å². The Labute approximate surface area is 239 Å². The van der Waals surface area contributed by atoms with Crippen molar-refractivity contribution in [3.63, 3.8) is 0 Å². The number of carbonyl (C=O) groups excluding carboxylic acids is 2. The van der Waals surface area contributed by atoms with Crippen LogP contribution in [-0.4, -0.2) is 57.6 Å². The molecule has 0 aliphatic rings. The first-order chi connectivity index (χ1) is 18.5. The van der Waals surface area contributed by atoms with Crippen molar-refractivity contribution in [3.8, 4) is 5.75 Å². The minimum absolute atomic E-state index is 0.0850. The smallest absolute Gasteiger partial charge is 0.244 e. The standard InChI is InChI=1S/C29H34BrN3O5S/c1-5-31-29(35)27(18-22-10-7-6-8-11-22)32(19-23-12-9-13-25(17-23)38-3)28(34)20-33(39(4,36)37)24-14-15-26(30)21(2)16-24/h6-17,27H,5,18-20H2,1-4H3,(H,31,35)/t27-/m0/s1. The van der Waals surface area contributed by atoms with Crippen LogP contribution in [0.5, 0.6) is 5.75 Å². The third-order valence-electron chi connectivity index (χ3n) is 6.22. The fourth-order valence-corrected chi connectivity index (χ4v) is 5.30. The second-order valence-corrected chi connectivity index (χ2v) is 11.9. The molecule has 0 bridgehead atoms. The van der Waals surface area contributed by atoms with Gasteiger partial charge in [0.05, 0.1) is 19.1 Å². The molecule has 0 spiro atoms. The van der Waals surface area contributed by atoms with Gasteiger partial charge in [-0.15, -0.1) is 0 Å². The number of amides is 2. The maximum Gasteiger partial charge on any atom is 0.244 e. The van der Waals surface area contributed by atoms with Gasteiger partial charge < -0.3 is 15.0 Å². The Morgan fingerprint density at radius 3 is 2.31 bits per heavy atom. The van der Waals surface area contributed by atoms with Crippen LogP contribution in [0, 0.1) is 6.92 Å². The first-order valence-electron chi connectivity index (χ1n) is 12.5. The number of hydrogen-bond donors (Lipinski definition) is 1. The van der Waals surface area contributed by atoms with E-state index in [-0.39, 0.29) is 18.9 Å². The number of sulfonamides is 1. The fraction of sp³-hybridized carbons (Fsp3) is 0.310. The van der Waals surface area contributed by atoms with Crippen LogP contribution < -0.4 is 14.4 Å². The van der Waals surface area contributed by atoms with E-state index in [9.17, 15) is 18.0 Å². The molecule has 3 aromatic carbocycles. The second-order valence-electron chi connectivity index (χ2n) is 9.18. The van der Waals surface area contributed by atoms with Crippen molar-refractivity contribution in [2.24, 2.45) is 0 Å². The zero-order valence-corrected chi connectivity index (χ0v) is 25.0. The van der Waals surface area contributed by atoms with Gasteiger partial charge in [0.2, 0.25) is 21.8 Å². The SMILES string of the molecule is CCNC(=O)[C@H](Cc1ccccc1)N(Cc1cccc(OC)c1)C(=O)CN(c1ccc(Br)c(C)c1)S(C)(=O)=O. The Balaban J connectivity index is 2.06. The normalized spacial score (nSPS) is 11.9. The predicted octanol–water partition coefficient (Wildman–Crippen LogP) is 4.31. The summed E-state index contributed by atoms with van der Waals surface area (Å²) in [4.78, 5) is 28.9. The summed E-state index contributed by atoms with van der Waals surface area (Å²) in [6, 6.07) is 20.9. The first kappa shape index (κ1) is 30.2. The van der Waals surface area contributed by atoms with Crippen LogP contribution in [0.1, 0.15) is 23.6 Å². The number of likely N-dealkylation sites (N-methyl/N-ethyl adjacent to an activating group) is 1. The van der Waals surface area contributed by atoms with Gasteiger partial charge in [0.15, 0.2) is 0 Å².